The number of nitrogens with one attached hydrogen (secondary N) is 1. The van der Waals surface area contributed by atoms with Crippen molar-refractivity contribution in [3.8, 4) is 6.07 Å². The largest absolute Gasteiger partial charge is 0.311 e. The average molecular weight is 287 g/mol. The van der Waals surface area contributed by atoms with Crippen LogP contribution in [0.15, 0.2) is 18.2 Å². The van der Waals surface area contributed by atoms with Crippen molar-refractivity contribution in [1.29, 1.82) is 5.26 Å². The fourth-order valence-electron chi connectivity index (χ4n) is 3.82. The monoisotopic (exact) mass is 287 g/mol. The number of hydrogen-bond acceptors (Lipinski definition) is 3. The van der Waals surface area contributed by atoms with Crippen LogP contribution in [0.4, 0.5) is 4.39 Å². The molecule has 4 heteroatoms. The lowest BCUT2D eigenvalue weighted by atomic mass is 9.97. The number of nitrogens with zero attached hydrogens (tertiary/aromatic N) is 2. The molecule has 0 aliphatic carbocycles. The number of halogens is 1. The van der Waals surface area contributed by atoms with E-state index in [0.29, 0.717) is 18.1 Å². The fraction of sp³-hybridized carbons (Fsp3) is 0.588. The molecule has 2 aliphatic heterocycles. The fourth-order valence-corrected chi connectivity index (χ4v) is 3.82. The van der Waals surface area contributed by atoms with E-state index in [-0.39, 0.29) is 5.56 Å². The molecule has 1 N–H and O–H groups in total. The Morgan fingerprint density at radius 2 is 2.05 bits per heavy atom. The predicted molar refractivity (Wildman–Crippen MR) is 80.2 cm³/mol. The predicted octanol–water partition coefficient (Wildman–Crippen LogP) is 2.80. The van der Waals surface area contributed by atoms with Gasteiger partial charge in [-0.1, -0.05) is 13.0 Å². The summed E-state index contributed by atoms with van der Waals surface area (Å²) in [5.74, 6) is -0.427. The van der Waals surface area contributed by atoms with Crippen molar-refractivity contribution in [2.45, 2.75) is 57.3 Å². The molecule has 2 unspecified atom stereocenters. The molecule has 2 atom stereocenters. The summed E-state index contributed by atoms with van der Waals surface area (Å²) in [5.41, 5.74) is 1.18. The van der Waals surface area contributed by atoms with Crippen molar-refractivity contribution in [3.63, 3.8) is 0 Å². The molecule has 0 spiro atoms. The first-order valence-corrected chi connectivity index (χ1v) is 7.88. The summed E-state index contributed by atoms with van der Waals surface area (Å²) < 4.78 is 13.4. The van der Waals surface area contributed by atoms with E-state index in [0.717, 1.165) is 18.7 Å². The molecule has 0 saturated carbocycles. The van der Waals surface area contributed by atoms with Crippen LogP contribution in [-0.4, -0.2) is 29.6 Å². The normalized spacial score (nSPS) is 27.8. The van der Waals surface area contributed by atoms with Gasteiger partial charge in [-0.2, -0.15) is 5.26 Å². The molecule has 3 nitrogen and oxygen atoms in total. The molecule has 112 valence electrons. The summed E-state index contributed by atoms with van der Waals surface area (Å²) in [5, 5.41) is 12.6. The Hall–Kier alpha value is -1.44. The first-order valence-electron chi connectivity index (χ1n) is 7.88. The Kier molecular flexibility index (Phi) is 4.23. The number of nitriles is 1. The van der Waals surface area contributed by atoms with Gasteiger partial charge in [-0.05, 0) is 49.9 Å². The Morgan fingerprint density at radius 3 is 2.67 bits per heavy atom. The molecule has 2 fully saturated rings. The van der Waals surface area contributed by atoms with Crippen LogP contribution < -0.4 is 5.32 Å². The van der Waals surface area contributed by atoms with Gasteiger partial charge in [-0.25, -0.2) is 4.39 Å². The smallest absolute Gasteiger partial charge is 0.140 e. The lowest BCUT2D eigenvalue weighted by Gasteiger charge is -2.37. The van der Waals surface area contributed by atoms with E-state index in [1.54, 1.807) is 12.1 Å². The van der Waals surface area contributed by atoms with Crippen LogP contribution >= 0.6 is 0 Å². The summed E-state index contributed by atoms with van der Waals surface area (Å²) in [6, 6.07) is 8.77. The van der Waals surface area contributed by atoms with E-state index in [4.69, 9.17) is 5.26 Å². The lowest BCUT2D eigenvalue weighted by molar-refractivity contribution is 0.140. The third-order valence-electron chi connectivity index (χ3n) is 4.91. The van der Waals surface area contributed by atoms with E-state index in [1.807, 2.05) is 6.07 Å². The Morgan fingerprint density at radius 1 is 1.33 bits per heavy atom. The molecule has 1 aromatic rings. The molecule has 0 amide bonds. The number of benzene rings is 1. The summed E-state index contributed by atoms with van der Waals surface area (Å²) in [6.45, 7) is 3.97. The zero-order valence-corrected chi connectivity index (χ0v) is 12.5. The average Bonchev–Trinajstić information content (AvgIpc) is 2.84. The third kappa shape index (κ3) is 3.09. The van der Waals surface area contributed by atoms with Gasteiger partial charge in [-0.3, -0.25) is 4.90 Å². The van der Waals surface area contributed by atoms with E-state index in [9.17, 15) is 4.39 Å². The summed E-state index contributed by atoms with van der Waals surface area (Å²) in [6.07, 6.45) is 5.01. The second kappa shape index (κ2) is 6.13. The van der Waals surface area contributed by atoms with E-state index in [2.05, 4.69) is 17.1 Å². The molecule has 2 heterocycles. The van der Waals surface area contributed by atoms with Gasteiger partial charge < -0.3 is 5.32 Å². The maximum Gasteiger partial charge on any atom is 0.140 e. The van der Waals surface area contributed by atoms with Crippen LogP contribution in [0.2, 0.25) is 0 Å². The van der Waals surface area contributed by atoms with Crippen molar-refractivity contribution in [1.82, 2.24) is 10.2 Å². The standard InChI is InChI=1S/C17H22FN3/c1-2-21(16-8-14-4-5-15(9-16)20-14)11-12-3-6-17(18)13(7-12)10-19/h3,6-7,14-16,20H,2,4-5,8-9,11H2,1H3. The lowest BCUT2D eigenvalue weighted by Crippen LogP contribution is -2.47. The second-order valence-corrected chi connectivity index (χ2v) is 6.25. The van der Waals surface area contributed by atoms with Crippen LogP contribution in [-0.2, 0) is 6.54 Å². The molecule has 2 saturated heterocycles. The van der Waals surface area contributed by atoms with Crippen molar-refractivity contribution in [3.05, 3.63) is 35.1 Å². The SMILES string of the molecule is CCN(Cc1ccc(F)c(C#N)c1)C1CC2CCC(C1)N2. The van der Waals surface area contributed by atoms with E-state index in [1.165, 1.54) is 31.7 Å². The highest BCUT2D eigenvalue weighted by atomic mass is 19.1. The van der Waals surface area contributed by atoms with Crippen LogP contribution in [0.3, 0.4) is 0 Å². The molecular formula is C17H22FN3. The molecular weight excluding hydrogens is 265 g/mol. The third-order valence-corrected chi connectivity index (χ3v) is 4.91. The van der Waals surface area contributed by atoms with Crippen LogP contribution in [0.1, 0.15) is 43.7 Å². The zero-order valence-electron chi connectivity index (χ0n) is 12.5. The van der Waals surface area contributed by atoms with Crippen molar-refractivity contribution in [2.24, 2.45) is 0 Å². The topological polar surface area (TPSA) is 39.1 Å². The quantitative estimate of drug-likeness (QED) is 0.925. The highest BCUT2D eigenvalue weighted by Gasteiger charge is 2.35. The number of rotatable bonds is 4. The zero-order chi connectivity index (χ0) is 14.8. The van der Waals surface area contributed by atoms with Gasteiger partial charge in [0.15, 0.2) is 0 Å². The number of fused-ring (bicyclic) bond motifs is 2. The summed E-state index contributed by atoms with van der Waals surface area (Å²) >= 11 is 0. The van der Waals surface area contributed by atoms with E-state index < -0.39 is 5.82 Å². The second-order valence-electron chi connectivity index (χ2n) is 6.25. The van der Waals surface area contributed by atoms with Crippen molar-refractivity contribution < 1.29 is 4.39 Å². The molecule has 0 aromatic heterocycles. The minimum atomic E-state index is -0.427. The minimum Gasteiger partial charge on any atom is -0.311 e. The Bertz CT molecular complexity index is 539. The maximum absolute atomic E-state index is 13.4. The molecule has 2 bridgehead atoms. The van der Waals surface area contributed by atoms with Crippen LogP contribution in [0.25, 0.3) is 0 Å². The molecule has 3 rings (SSSR count). The minimum absolute atomic E-state index is 0.147. The van der Waals surface area contributed by atoms with Gasteiger partial charge in [0.05, 0.1) is 5.56 Å². The van der Waals surface area contributed by atoms with Gasteiger partial charge in [0.25, 0.3) is 0 Å². The maximum atomic E-state index is 13.4. The summed E-state index contributed by atoms with van der Waals surface area (Å²) in [7, 11) is 0. The molecule has 2 aliphatic rings. The van der Waals surface area contributed by atoms with Gasteiger partial charge in [0.2, 0.25) is 0 Å². The van der Waals surface area contributed by atoms with Gasteiger partial charge in [0.1, 0.15) is 11.9 Å². The Balaban J connectivity index is 1.71. The molecule has 21 heavy (non-hydrogen) atoms. The number of piperidine rings is 1. The summed E-state index contributed by atoms with van der Waals surface area (Å²) in [4.78, 5) is 2.47. The van der Waals surface area contributed by atoms with Gasteiger partial charge >= 0.3 is 0 Å². The molecule has 1 aromatic carbocycles. The number of hydrogen-bond donors (Lipinski definition) is 1. The van der Waals surface area contributed by atoms with Gasteiger partial charge in [0, 0.05) is 24.7 Å². The van der Waals surface area contributed by atoms with Crippen LogP contribution in [0, 0.1) is 17.1 Å². The van der Waals surface area contributed by atoms with Gasteiger partial charge in [-0.15, -0.1) is 0 Å². The highest BCUT2D eigenvalue weighted by molar-refractivity contribution is 5.34. The first-order chi connectivity index (χ1) is 10.2. The highest BCUT2D eigenvalue weighted by Crippen LogP contribution is 2.30. The van der Waals surface area contributed by atoms with Crippen molar-refractivity contribution in [2.75, 3.05) is 6.54 Å². The van der Waals surface area contributed by atoms with Crippen LogP contribution in [0.5, 0.6) is 0 Å². The first kappa shape index (κ1) is 14.5. The Labute approximate surface area is 125 Å². The van der Waals surface area contributed by atoms with Crippen molar-refractivity contribution >= 4 is 0 Å². The molecule has 0 radical (unpaired) electrons. The van der Waals surface area contributed by atoms with E-state index >= 15 is 0 Å².